The molecule has 1 unspecified atom stereocenters. The van der Waals surface area contributed by atoms with E-state index in [0.29, 0.717) is 41.9 Å². The first-order chi connectivity index (χ1) is 13.3. The van der Waals surface area contributed by atoms with Gasteiger partial charge in [0.2, 0.25) is 0 Å². The second-order valence-corrected chi connectivity index (χ2v) is 7.32. The zero-order valence-electron chi connectivity index (χ0n) is 14.7. The number of pyridine rings is 1. The van der Waals surface area contributed by atoms with Crippen LogP contribution in [0.25, 0.3) is 21.8 Å². The third-order valence-electron chi connectivity index (χ3n) is 5.74. The molecule has 148 valence electrons. The fraction of sp³-hybridized carbons (Fsp3) is 0.444. The number of anilines is 1. The maximum atomic E-state index is 14.6. The summed E-state index contributed by atoms with van der Waals surface area (Å²) >= 11 is 0. The highest BCUT2D eigenvalue weighted by atomic mass is 19.4. The van der Waals surface area contributed by atoms with Gasteiger partial charge in [0.1, 0.15) is 11.0 Å². The lowest BCUT2D eigenvalue weighted by atomic mass is 10.1. The normalized spacial score (nSPS) is 21.0. The zero-order chi connectivity index (χ0) is 19.6. The fourth-order valence-electron chi connectivity index (χ4n) is 4.37. The van der Waals surface area contributed by atoms with Gasteiger partial charge in [-0.3, -0.25) is 10.00 Å². The number of nitrogens with one attached hydrogen (secondary N) is 1. The summed E-state index contributed by atoms with van der Waals surface area (Å²) in [5.41, 5.74) is -1.63. The van der Waals surface area contributed by atoms with Crippen molar-refractivity contribution in [1.82, 2.24) is 20.1 Å². The van der Waals surface area contributed by atoms with Crippen molar-refractivity contribution in [2.75, 3.05) is 31.1 Å². The fourth-order valence-corrected chi connectivity index (χ4v) is 4.37. The highest BCUT2D eigenvalue weighted by Gasteiger charge is 2.38. The third kappa shape index (κ3) is 2.54. The van der Waals surface area contributed by atoms with Crippen molar-refractivity contribution < 1.29 is 22.0 Å². The number of H-pyrrole nitrogens is 1. The van der Waals surface area contributed by atoms with Gasteiger partial charge in [0, 0.05) is 36.4 Å². The van der Waals surface area contributed by atoms with Crippen molar-refractivity contribution in [3.8, 4) is 0 Å². The molecule has 2 aliphatic heterocycles. The van der Waals surface area contributed by atoms with Gasteiger partial charge in [0.15, 0.2) is 17.5 Å². The van der Waals surface area contributed by atoms with Crippen LogP contribution in [-0.4, -0.2) is 52.3 Å². The molecule has 2 fully saturated rings. The molecule has 2 saturated heterocycles. The van der Waals surface area contributed by atoms with Crippen LogP contribution in [0.5, 0.6) is 0 Å². The Bertz CT molecular complexity index is 1080. The number of piperazine rings is 1. The minimum Gasteiger partial charge on any atom is -0.352 e. The molecule has 1 atom stereocenters. The number of rotatable bonds is 1. The molecule has 5 rings (SSSR count). The summed E-state index contributed by atoms with van der Waals surface area (Å²) in [6.45, 7) is 3.19. The SMILES string of the molecule is Fc1c(C(F)(F)F)cc2c(nc(N3CCN4CCCC4C3)c3[nH]ncc32)c1F. The molecule has 10 heteroatoms. The van der Waals surface area contributed by atoms with E-state index in [2.05, 4.69) is 20.1 Å². The van der Waals surface area contributed by atoms with Crippen LogP contribution in [0.1, 0.15) is 18.4 Å². The van der Waals surface area contributed by atoms with Gasteiger partial charge in [-0.15, -0.1) is 0 Å². The summed E-state index contributed by atoms with van der Waals surface area (Å²) in [6.07, 6.45) is -1.52. The van der Waals surface area contributed by atoms with Crippen molar-refractivity contribution >= 4 is 27.6 Å². The zero-order valence-corrected chi connectivity index (χ0v) is 14.7. The van der Waals surface area contributed by atoms with E-state index in [-0.39, 0.29) is 5.39 Å². The number of halogens is 5. The van der Waals surface area contributed by atoms with Gasteiger partial charge in [-0.25, -0.2) is 13.8 Å². The average molecular weight is 397 g/mol. The predicted octanol–water partition coefficient (Wildman–Crippen LogP) is 3.69. The average Bonchev–Trinajstić information content (AvgIpc) is 3.31. The van der Waals surface area contributed by atoms with E-state index in [1.807, 2.05) is 4.90 Å². The van der Waals surface area contributed by atoms with E-state index >= 15 is 0 Å². The van der Waals surface area contributed by atoms with E-state index in [1.54, 1.807) is 0 Å². The first-order valence-electron chi connectivity index (χ1n) is 9.05. The van der Waals surface area contributed by atoms with Crippen LogP contribution in [0.4, 0.5) is 27.8 Å². The van der Waals surface area contributed by atoms with Gasteiger partial charge in [-0.2, -0.15) is 18.3 Å². The summed E-state index contributed by atoms with van der Waals surface area (Å²) in [4.78, 5) is 8.61. The first-order valence-corrected chi connectivity index (χ1v) is 9.05. The molecular formula is C18H16F5N5. The quantitative estimate of drug-likeness (QED) is 0.637. The van der Waals surface area contributed by atoms with E-state index in [9.17, 15) is 22.0 Å². The number of alkyl halides is 3. The molecule has 0 amide bonds. The van der Waals surface area contributed by atoms with Gasteiger partial charge in [-0.05, 0) is 25.5 Å². The smallest absolute Gasteiger partial charge is 0.352 e. The molecule has 0 spiro atoms. The molecule has 0 aliphatic carbocycles. The molecule has 0 bridgehead atoms. The lowest BCUT2D eigenvalue weighted by Gasteiger charge is -2.38. The maximum absolute atomic E-state index is 14.6. The Morgan fingerprint density at radius 2 is 1.89 bits per heavy atom. The molecule has 1 N–H and O–H groups in total. The largest absolute Gasteiger partial charge is 0.419 e. The van der Waals surface area contributed by atoms with Crippen molar-refractivity contribution in [3.05, 3.63) is 29.5 Å². The van der Waals surface area contributed by atoms with E-state index in [0.717, 1.165) is 25.9 Å². The lowest BCUT2D eigenvalue weighted by Crippen LogP contribution is -2.50. The van der Waals surface area contributed by atoms with Crippen LogP contribution < -0.4 is 4.90 Å². The van der Waals surface area contributed by atoms with Gasteiger partial charge in [0.05, 0.1) is 11.8 Å². The number of benzene rings is 1. The first kappa shape index (κ1) is 17.6. The standard InChI is InChI=1S/C18H16F5N5/c19-13-12(18(21,22)23)6-10-11-7-24-26-16(11)17(25-15(10)14(13)20)28-5-4-27-3-1-2-9(27)8-28/h6-7,9H,1-5,8H2,(H,24,26). The molecule has 5 nitrogen and oxygen atoms in total. The topological polar surface area (TPSA) is 48.1 Å². The second-order valence-electron chi connectivity index (χ2n) is 7.32. The van der Waals surface area contributed by atoms with Crippen molar-refractivity contribution in [2.24, 2.45) is 0 Å². The molecule has 28 heavy (non-hydrogen) atoms. The van der Waals surface area contributed by atoms with Gasteiger partial charge >= 0.3 is 6.18 Å². The number of aromatic nitrogens is 3. The van der Waals surface area contributed by atoms with Gasteiger partial charge in [-0.1, -0.05) is 0 Å². The molecule has 0 saturated carbocycles. The Morgan fingerprint density at radius 1 is 1.07 bits per heavy atom. The molecule has 2 aliphatic rings. The highest BCUT2D eigenvalue weighted by molar-refractivity contribution is 6.08. The van der Waals surface area contributed by atoms with E-state index in [1.165, 1.54) is 6.20 Å². The molecule has 0 radical (unpaired) electrons. The number of hydrogen-bond acceptors (Lipinski definition) is 4. The van der Waals surface area contributed by atoms with Gasteiger partial charge < -0.3 is 4.90 Å². The Hall–Kier alpha value is -2.49. The summed E-state index contributed by atoms with van der Waals surface area (Å²) in [5, 5.41) is 6.86. The van der Waals surface area contributed by atoms with E-state index in [4.69, 9.17) is 0 Å². The van der Waals surface area contributed by atoms with Crippen LogP contribution in [-0.2, 0) is 6.18 Å². The van der Waals surface area contributed by atoms with E-state index < -0.39 is 28.9 Å². The van der Waals surface area contributed by atoms with Gasteiger partial charge in [0.25, 0.3) is 0 Å². The van der Waals surface area contributed by atoms with Crippen LogP contribution in [0.2, 0.25) is 0 Å². The lowest BCUT2D eigenvalue weighted by molar-refractivity contribution is -0.140. The number of fused-ring (bicyclic) bond motifs is 4. The number of nitrogens with zero attached hydrogens (tertiary/aromatic N) is 4. The van der Waals surface area contributed by atoms with Crippen molar-refractivity contribution in [2.45, 2.75) is 25.1 Å². The number of aromatic amines is 1. The third-order valence-corrected chi connectivity index (χ3v) is 5.74. The molecule has 1 aromatic carbocycles. The minimum absolute atomic E-state index is 0.113. The monoisotopic (exact) mass is 397 g/mol. The maximum Gasteiger partial charge on any atom is 0.419 e. The van der Waals surface area contributed by atoms with Crippen LogP contribution in [0, 0.1) is 11.6 Å². The molecule has 4 heterocycles. The Labute approximate surface area is 156 Å². The second kappa shape index (κ2) is 6.00. The van der Waals surface area contributed by atoms with Crippen LogP contribution >= 0.6 is 0 Å². The Balaban J connectivity index is 1.71. The predicted molar refractivity (Wildman–Crippen MR) is 93.1 cm³/mol. The summed E-state index contributed by atoms with van der Waals surface area (Å²) in [6, 6.07) is 0.968. The molecular weight excluding hydrogens is 381 g/mol. The minimum atomic E-state index is -5.01. The van der Waals surface area contributed by atoms with Crippen molar-refractivity contribution in [1.29, 1.82) is 0 Å². The van der Waals surface area contributed by atoms with Crippen LogP contribution in [0.15, 0.2) is 12.3 Å². The Kier molecular flexibility index (Phi) is 3.77. The molecule has 2 aromatic heterocycles. The van der Waals surface area contributed by atoms with Crippen molar-refractivity contribution in [3.63, 3.8) is 0 Å². The summed E-state index contributed by atoms with van der Waals surface area (Å²) < 4.78 is 68.1. The molecule has 3 aromatic rings. The number of hydrogen-bond donors (Lipinski definition) is 1. The Morgan fingerprint density at radius 3 is 2.68 bits per heavy atom. The summed E-state index contributed by atoms with van der Waals surface area (Å²) in [7, 11) is 0. The highest BCUT2D eigenvalue weighted by Crippen LogP contribution is 2.39. The summed E-state index contributed by atoms with van der Waals surface area (Å²) in [5.74, 6) is -3.12. The van der Waals surface area contributed by atoms with Crippen LogP contribution in [0.3, 0.4) is 0 Å².